The summed E-state index contributed by atoms with van der Waals surface area (Å²) in [6, 6.07) is 22.3. The van der Waals surface area contributed by atoms with Crippen LogP contribution in [0.4, 0.5) is 11.4 Å². The number of aryl methyl sites for hydroxylation is 1. The zero-order valence-corrected chi connectivity index (χ0v) is 19.0. The molecule has 0 saturated carbocycles. The molecule has 2 amide bonds. The van der Waals surface area contributed by atoms with Crippen LogP contribution in [0.15, 0.2) is 82.6 Å². The molecule has 0 atom stereocenters. The Kier molecular flexibility index (Phi) is 5.90. The van der Waals surface area contributed by atoms with E-state index in [4.69, 9.17) is 11.6 Å². The lowest BCUT2D eigenvalue weighted by molar-refractivity contribution is -0.119. The lowest BCUT2D eigenvalue weighted by atomic mass is 10.0. The van der Waals surface area contributed by atoms with Crippen LogP contribution in [0.25, 0.3) is 5.57 Å². The molecule has 6 heteroatoms. The smallest absolute Gasteiger partial charge is 0.272 e. The number of imide groups is 1. The topological polar surface area (TPSA) is 40.6 Å². The number of hydrogen-bond acceptors (Lipinski definition) is 4. The van der Waals surface area contributed by atoms with Gasteiger partial charge in [-0.1, -0.05) is 53.2 Å². The highest BCUT2D eigenvalue weighted by molar-refractivity contribution is 8.04. The number of anilines is 2. The summed E-state index contributed by atoms with van der Waals surface area (Å²) in [5.74, 6) is -0.638. The van der Waals surface area contributed by atoms with Gasteiger partial charge in [-0.3, -0.25) is 9.59 Å². The summed E-state index contributed by atoms with van der Waals surface area (Å²) in [6.45, 7) is 1.99. The summed E-state index contributed by atoms with van der Waals surface area (Å²) >= 11 is 7.29. The van der Waals surface area contributed by atoms with Gasteiger partial charge in [-0.2, -0.15) is 0 Å². The molecule has 4 nitrogen and oxygen atoms in total. The van der Waals surface area contributed by atoms with Gasteiger partial charge in [0.05, 0.1) is 16.2 Å². The second-order valence-electron chi connectivity index (χ2n) is 7.48. The molecule has 3 aromatic carbocycles. The predicted octanol–water partition coefficient (Wildman–Crippen LogP) is 5.79. The molecule has 156 valence electrons. The molecule has 1 aliphatic heterocycles. The van der Waals surface area contributed by atoms with E-state index >= 15 is 0 Å². The molecule has 0 aliphatic carbocycles. The van der Waals surface area contributed by atoms with Gasteiger partial charge >= 0.3 is 0 Å². The third-order valence-corrected chi connectivity index (χ3v) is 6.38. The van der Waals surface area contributed by atoms with Crippen molar-refractivity contribution in [2.75, 3.05) is 23.9 Å². The summed E-state index contributed by atoms with van der Waals surface area (Å²) in [6.07, 6.45) is 0. The number of nitrogens with zero attached hydrogens (tertiary/aromatic N) is 2. The lowest BCUT2D eigenvalue weighted by Gasteiger charge is -2.18. The second kappa shape index (κ2) is 8.61. The van der Waals surface area contributed by atoms with Crippen LogP contribution in [-0.2, 0) is 9.59 Å². The minimum atomic E-state index is -0.321. The Labute approximate surface area is 191 Å². The van der Waals surface area contributed by atoms with Crippen molar-refractivity contribution in [2.45, 2.75) is 11.8 Å². The quantitative estimate of drug-likeness (QED) is 0.463. The number of amides is 2. The average Bonchev–Trinajstić information content (AvgIpc) is 3.00. The first-order chi connectivity index (χ1) is 14.8. The molecule has 0 saturated heterocycles. The van der Waals surface area contributed by atoms with E-state index in [2.05, 4.69) is 0 Å². The minimum absolute atomic E-state index is 0.317. The summed E-state index contributed by atoms with van der Waals surface area (Å²) in [4.78, 5) is 31.4. The average molecular weight is 449 g/mol. The van der Waals surface area contributed by atoms with Gasteiger partial charge in [-0.15, -0.1) is 0 Å². The molecular weight excluding hydrogens is 428 g/mol. The van der Waals surface area contributed by atoms with Crippen LogP contribution in [0.2, 0.25) is 5.02 Å². The summed E-state index contributed by atoms with van der Waals surface area (Å²) in [7, 11) is 3.89. The van der Waals surface area contributed by atoms with Crippen LogP contribution in [0, 0.1) is 6.92 Å². The van der Waals surface area contributed by atoms with Crippen LogP contribution in [0.3, 0.4) is 0 Å². The highest BCUT2D eigenvalue weighted by Gasteiger charge is 2.40. The molecule has 4 rings (SSSR count). The van der Waals surface area contributed by atoms with E-state index in [9.17, 15) is 9.59 Å². The Bertz CT molecular complexity index is 1170. The van der Waals surface area contributed by atoms with E-state index in [-0.39, 0.29) is 11.8 Å². The highest BCUT2D eigenvalue weighted by Crippen LogP contribution is 2.41. The lowest BCUT2D eigenvalue weighted by Crippen LogP contribution is -2.31. The molecule has 0 radical (unpaired) electrons. The molecule has 0 unspecified atom stereocenters. The monoisotopic (exact) mass is 448 g/mol. The van der Waals surface area contributed by atoms with Crippen molar-refractivity contribution in [2.24, 2.45) is 0 Å². The van der Waals surface area contributed by atoms with Gasteiger partial charge in [0.25, 0.3) is 11.8 Å². The van der Waals surface area contributed by atoms with E-state index < -0.39 is 0 Å². The zero-order chi connectivity index (χ0) is 22.1. The normalized spacial score (nSPS) is 13.9. The molecule has 0 fully saturated rings. The number of rotatable bonds is 5. The molecule has 0 bridgehead atoms. The van der Waals surface area contributed by atoms with Crippen molar-refractivity contribution < 1.29 is 9.59 Å². The molecule has 1 heterocycles. The summed E-state index contributed by atoms with van der Waals surface area (Å²) in [5, 5.41) is 0.619. The van der Waals surface area contributed by atoms with Crippen LogP contribution in [0.1, 0.15) is 11.1 Å². The Morgan fingerprint density at radius 1 is 0.806 bits per heavy atom. The van der Waals surface area contributed by atoms with Crippen molar-refractivity contribution in [1.82, 2.24) is 0 Å². The largest absolute Gasteiger partial charge is 0.378 e. The van der Waals surface area contributed by atoms with Crippen LogP contribution < -0.4 is 9.80 Å². The van der Waals surface area contributed by atoms with Gasteiger partial charge < -0.3 is 4.90 Å². The first-order valence-electron chi connectivity index (χ1n) is 9.76. The summed E-state index contributed by atoms with van der Waals surface area (Å²) < 4.78 is 0. The molecule has 1 aliphatic rings. The fourth-order valence-corrected chi connectivity index (χ4v) is 4.45. The Balaban J connectivity index is 1.77. The van der Waals surface area contributed by atoms with Crippen molar-refractivity contribution >= 4 is 52.1 Å². The van der Waals surface area contributed by atoms with Gasteiger partial charge in [-0.05, 0) is 61.0 Å². The van der Waals surface area contributed by atoms with Crippen LogP contribution in [-0.4, -0.2) is 25.9 Å². The maximum Gasteiger partial charge on any atom is 0.272 e. The maximum atomic E-state index is 13.5. The first kappa shape index (κ1) is 21.2. The van der Waals surface area contributed by atoms with Crippen molar-refractivity contribution in [3.05, 3.63) is 93.9 Å². The minimum Gasteiger partial charge on any atom is -0.378 e. The standard InChI is InChI=1S/C25H21ClN2O2S/c1-16-4-6-17(7-5-16)22-23(31-21-14-8-18(26)9-15-21)25(30)28(24(22)29)20-12-10-19(11-13-20)27(2)3/h4-15H,1-3H3. The molecular formula is C25H21ClN2O2S. The van der Waals surface area contributed by atoms with Gasteiger partial charge in [-0.25, -0.2) is 4.90 Å². The van der Waals surface area contributed by atoms with E-state index in [0.29, 0.717) is 21.2 Å². The van der Waals surface area contributed by atoms with E-state index in [1.165, 1.54) is 16.7 Å². The van der Waals surface area contributed by atoms with Crippen LogP contribution >= 0.6 is 23.4 Å². The molecule has 0 aromatic heterocycles. The zero-order valence-electron chi connectivity index (χ0n) is 17.4. The molecule has 31 heavy (non-hydrogen) atoms. The predicted molar refractivity (Wildman–Crippen MR) is 129 cm³/mol. The third kappa shape index (κ3) is 4.24. The maximum absolute atomic E-state index is 13.5. The molecule has 0 N–H and O–H groups in total. The van der Waals surface area contributed by atoms with E-state index in [0.717, 1.165) is 21.7 Å². The first-order valence-corrected chi connectivity index (χ1v) is 11.0. The Hall–Kier alpha value is -3.02. The fourth-order valence-electron chi connectivity index (χ4n) is 3.33. The summed E-state index contributed by atoms with van der Waals surface area (Å²) in [5.41, 5.74) is 3.78. The Morgan fingerprint density at radius 3 is 2.00 bits per heavy atom. The Morgan fingerprint density at radius 2 is 1.42 bits per heavy atom. The number of benzene rings is 3. The van der Waals surface area contributed by atoms with Crippen molar-refractivity contribution in [1.29, 1.82) is 0 Å². The third-order valence-electron chi connectivity index (χ3n) is 5.04. The van der Waals surface area contributed by atoms with Gasteiger partial charge in [0.15, 0.2) is 0 Å². The fraction of sp³-hybridized carbons (Fsp3) is 0.120. The van der Waals surface area contributed by atoms with Gasteiger partial charge in [0.1, 0.15) is 0 Å². The SMILES string of the molecule is Cc1ccc(C2=C(Sc3ccc(Cl)cc3)C(=O)N(c3ccc(N(C)C)cc3)C2=O)cc1. The molecule has 0 spiro atoms. The second-order valence-corrected chi connectivity index (χ2v) is 9.00. The van der Waals surface area contributed by atoms with Crippen LogP contribution in [0.5, 0.6) is 0 Å². The van der Waals surface area contributed by atoms with Crippen molar-refractivity contribution in [3.63, 3.8) is 0 Å². The number of hydrogen-bond donors (Lipinski definition) is 0. The van der Waals surface area contributed by atoms with E-state index in [1.807, 2.05) is 74.4 Å². The number of carbonyl (C=O) groups excluding carboxylic acids is 2. The van der Waals surface area contributed by atoms with Gasteiger partial charge in [0.2, 0.25) is 0 Å². The number of carbonyl (C=O) groups is 2. The highest BCUT2D eigenvalue weighted by atomic mass is 35.5. The molecule has 3 aromatic rings. The van der Waals surface area contributed by atoms with Crippen molar-refractivity contribution in [3.8, 4) is 0 Å². The van der Waals surface area contributed by atoms with Gasteiger partial charge in [0, 0.05) is 29.7 Å². The number of halogens is 1. The number of thioether (sulfide) groups is 1. The van der Waals surface area contributed by atoms with E-state index in [1.54, 1.807) is 24.3 Å².